The molecule has 0 aliphatic heterocycles. The van der Waals surface area contributed by atoms with Gasteiger partial charge < -0.3 is 10.1 Å². The number of methoxy groups -OCH3 is 1. The maximum Gasteiger partial charge on any atom is 0.122 e. The molecule has 0 radical (unpaired) electrons. The molecule has 0 aliphatic carbocycles. The van der Waals surface area contributed by atoms with Crippen molar-refractivity contribution >= 4 is 21.6 Å². The number of hydrogen-bond donors (Lipinski definition) is 1. The Kier molecular flexibility index (Phi) is 4.01. The van der Waals surface area contributed by atoms with Crippen LogP contribution in [0.4, 0.5) is 5.69 Å². The molecule has 1 rings (SSSR count). The molecule has 0 spiro atoms. The summed E-state index contributed by atoms with van der Waals surface area (Å²) in [4.78, 5) is 0. The Labute approximate surface area is 93.1 Å². The highest BCUT2D eigenvalue weighted by Gasteiger charge is 2.01. The predicted octanol–water partition coefficient (Wildman–Crippen LogP) is 3.44. The van der Waals surface area contributed by atoms with Crippen molar-refractivity contribution in [3.63, 3.8) is 0 Å². The number of halogens is 1. The van der Waals surface area contributed by atoms with Crippen molar-refractivity contribution in [3.8, 4) is 5.75 Å². The fraction of sp³-hybridized carbons (Fsp3) is 0.273. The zero-order valence-corrected chi connectivity index (χ0v) is 9.97. The lowest BCUT2D eigenvalue weighted by Gasteiger charge is -2.12. The van der Waals surface area contributed by atoms with Crippen LogP contribution in [0, 0.1) is 0 Å². The number of benzene rings is 1. The van der Waals surface area contributed by atoms with Gasteiger partial charge in [0.15, 0.2) is 0 Å². The third kappa shape index (κ3) is 3.07. The molecular formula is C11H14BrNO. The van der Waals surface area contributed by atoms with Gasteiger partial charge in [-0.1, -0.05) is 22.0 Å². The largest absolute Gasteiger partial charge is 0.497 e. The van der Waals surface area contributed by atoms with Crippen LogP contribution in [-0.2, 0) is 0 Å². The van der Waals surface area contributed by atoms with Gasteiger partial charge in [0.05, 0.1) is 7.11 Å². The number of hydrogen-bond acceptors (Lipinski definition) is 2. The molecule has 76 valence electrons. The highest BCUT2D eigenvalue weighted by atomic mass is 79.9. The normalized spacial score (nSPS) is 11.9. The second kappa shape index (κ2) is 5.05. The molecule has 0 bridgehead atoms. The van der Waals surface area contributed by atoms with Gasteiger partial charge in [-0.25, -0.2) is 0 Å². The van der Waals surface area contributed by atoms with Crippen LogP contribution in [-0.4, -0.2) is 13.2 Å². The van der Waals surface area contributed by atoms with Gasteiger partial charge in [-0.2, -0.15) is 0 Å². The molecule has 1 aromatic carbocycles. The first-order valence-electron chi connectivity index (χ1n) is 4.39. The van der Waals surface area contributed by atoms with Crippen molar-refractivity contribution in [2.75, 3.05) is 12.4 Å². The van der Waals surface area contributed by atoms with Crippen LogP contribution in [0.15, 0.2) is 35.3 Å². The quantitative estimate of drug-likeness (QED) is 0.833. The van der Waals surface area contributed by atoms with E-state index in [-0.39, 0.29) is 6.04 Å². The minimum atomic E-state index is 0.244. The Morgan fingerprint density at radius 1 is 1.50 bits per heavy atom. The van der Waals surface area contributed by atoms with E-state index in [1.807, 2.05) is 31.2 Å². The molecule has 1 N–H and O–H groups in total. The monoisotopic (exact) mass is 255 g/mol. The summed E-state index contributed by atoms with van der Waals surface area (Å²) in [6.45, 7) is 5.76. The first-order chi connectivity index (χ1) is 6.65. The third-order valence-corrected chi connectivity index (χ3v) is 2.31. The Morgan fingerprint density at radius 2 is 2.21 bits per heavy atom. The first-order valence-corrected chi connectivity index (χ1v) is 5.18. The van der Waals surface area contributed by atoms with Crippen LogP contribution in [0.25, 0.3) is 0 Å². The second-order valence-electron chi connectivity index (χ2n) is 3.05. The van der Waals surface area contributed by atoms with Crippen molar-refractivity contribution in [1.82, 2.24) is 0 Å². The van der Waals surface area contributed by atoms with Crippen molar-refractivity contribution in [1.29, 1.82) is 0 Å². The summed E-state index contributed by atoms with van der Waals surface area (Å²) in [6.07, 6.45) is 1.85. The minimum absolute atomic E-state index is 0.244. The van der Waals surface area contributed by atoms with Gasteiger partial charge in [0.1, 0.15) is 5.75 Å². The number of rotatable bonds is 4. The Hall–Kier alpha value is -0.960. The van der Waals surface area contributed by atoms with E-state index in [9.17, 15) is 0 Å². The van der Waals surface area contributed by atoms with Gasteiger partial charge in [-0.05, 0) is 19.1 Å². The topological polar surface area (TPSA) is 21.3 Å². The number of ether oxygens (including phenoxy) is 1. The summed E-state index contributed by atoms with van der Waals surface area (Å²) in [7, 11) is 1.66. The number of anilines is 1. The van der Waals surface area contributed by atoms with E-state index in [4.69, 9.17) is 4.74 Å². The summed E-state index contributed by atoms with van der Waals surface area (Å²) in [5.41, 5.74) is 1.02. The van der Waals surface area contributed by atoms with Crippen molar-refractivity contribution in [3.05, 3.63) is 35.3 Å². The van der Waals surface area contributed by atoms with Crippen molar-refractivity contribution < 1.29 is 4.74 Å². The zero-order chi connectivity index (χ0) is 10.6. The van der Waals surface area contributed by atoms with Crippen LogP contribution < -0.4 is 10.1 Å². The molecule has 3 heteroatoms. The standard InChI is InChI=1S/C11H14BrNO/c1-4-8(2)13-10-5-9(12)6-11(7-10)14-3/h4-8,13H,1H2,2-3H3. The van der Waals surface area contributed by atoms with E-state index in [2.05, 4.69) is 27.8 Å². The molecule has 2 nitrogen and oxygen atoms in total. The summed E-state index contributed by atoms with van der Waals surface area (Å²) < 4.78 is 6.15. The molecule has 0 heterocycles. The molecule has 1 unspecified atom stereocenters. The van der Waals surface area contributed by atoms with Crippen LogP contribution in [0.5, 0.6) is 5.75 Å². The van der Waals surface area contributed by atoms with Crippen molar-refractivity contribution in [2.24, 2.45) is 0 Å². The fourth-order valence-corrected chi connectivity index (χ4v) is 1.56. The van der Waals surface area contributed by atoms with E-state index in [0.717, 1.165) is 15.9 Å². The molecule has 14 heavy (non-hydrogen) atoms. The molecule has 0 saturated carbocycles. The van der Waals surface area contributed by atoms with Gasteiger partial charge in [0.25, 0.3) is 0 Å². The lowest BCUT2D eigenvalue weighted by molar-refractivity contribution is 0.414. The van der Waals surface area contributed by atoms with Crippen LogP contribution >= 0.6 is 15.9 Å². The maximum absolute atomic E-state index is 5.16. The van der Waals surface area contributed by atoms with E-state index >= 15 is 0 Å². The smallest absolute Gasteiger partial charge is 0.122 e. The van der Waals surface area contributed by atoms with E-state index in [1.54, 1.807) is 7.11 Å². The highest BCUT2D eigenvalue weighted by Crippen LogP contribution is 2.24. The minimum Gasteiger partial charge on any atom is -0.497 e. The summed E-state index contributed by atoms with van der Waals surface area (Å²) in [5.74, 6) is 0.832. The summed E-state index contributed by atoms with van der Waals surface area (Å²) >= 11 is 3.42. The molecule has 0 amide bonds. The van der Waals surface area contributed by atoms with Crippen molar-refractivity contribution in [2.45, 2.75) is 13.0 Å². The molecule has 1 atom stereocenters. The van der Waals surface area contributed by atoms with Crippen LogP contribution in [0.2, 0.25) is 0 Å². The zero-order valence-electron chi connectivity index (χ0n) is 8.38. The maximum atomic E-state index is 5.16. The van der Waals surface area contributed by atoms with Gasteiger partial charge in [-0.3, -0.25) is 0 Å². The van der Waals surface area contributed by atoms with E-state index < -0.39 is 0 Å². The highest BCUT2D eigenvalue weighted by molar-refractivity contribution is 9.10. The summed E-state index contributed by atoms with van der Waals surface area (Å²) in [6, 6.07) is 6.12. The van der Waals surface area contributed by atoms with Crippen LogP contribution in [0.1, 0.15) is 6.92 Å². The molecule has 0 saturated heterocycles. The lowest BCUT2D eigenvalue weighted by atomic mass is 10.2. The lowest BCUT2D eigenvalue weighted by Crippen LogP contribution is -2.11. The average Bonchev–Trinajstić information content (AvgIpc) is 2.16. The van der Waals surface area contributed by atoms with Crippen LogP contribution in [0.3, 0.4) is 0 Å². The second-order valence-corrected chi connectivity index (χ2v) is 3.96. The Balaban J connectivity index is 2.86. The van der Waals surface area contributed by atoms with Gasteiger partial charge in [0, 0.05) is 22.3 Å². The van der Waals surface area contributed by atoms with Gasteiger partial charge in [-0.15, -0.1) is 6.58 Å². The third-order valence-electron chi connectivity index (χ3n) is 1.85. The van der Waals surface area contributed by atoms with Gasteiger partial charge in [0.2, 0.25) is 0 Å². The molecule has 0 aliphatic rings. The molecule has 1 aromatic rings. The first kappa shape index (κ1) is 11.1. The van der Waals surface area contributed by atoms with E-state index in [1.165, 1.54) is 0 Å². The molecular weight excluding hydrogens is 242 g/mol. The predicted molar refractivity (Wildman–Crippen MR) is 64.0 cm³/mol. The van der Waals surface area contributed by atoms with E-state index in [0.29, 0.717) is 0 Å². The van der Waals surface area contributed by atoms with Gasteiger partial charge >= 0.3 is 0 Å². The Morgan fingerprint density at radius 3 is 2.79 bits per heavy atom. The average molecular weight is 256 g/mol. The molecule has 0 fully saturated rings. The SMILES string of the molecule is C=CC(C)Nc1cc(Br)cc(OC)c1. The number of nitrogens with one attached hydrogen (secondary N) is 1. The Bertz CT molecular complexity index is 325. The molecule has 0 aromatic heterocycles. The summed E-state index contributed by atoms with van der Waals surface area (Å²) in [5, 5.41) is 3.28. The fourth-order valence-electron chi connectivity index (χ4n) is 1.09.